The Morgan fingerprint density at radius 3 is 2.12 bits per heavy atom. The second-order valence-corrected chi connectivity index (χ2v) is 9.27. The van der Waals surface area contributed by atoms with Crippen LogP contribution in [-0.2, 0) is 16.0 Å². The van der Waals surface area contributed by atoms with E-state index in [-0.39, 0.29) is 18.1 Å². The van der Waals surface area contributed by atoms with E-state index in [4.69, 9.17) is 4.74 Å². The second-order valence-electron chi connectivity index (χ2n) is 9.27. The van der Waals surface area contributed by atoms with Crippen molar-refractivity contribution in [3.63, 3.8) is 0 Å². The molecule has 1 aliphatic carbocycles. The van der Waals surface area contributed by atoms with Gasteiger partial charge in [0.25, 0.3) is 0 Å². The molecule has 5 heteroatoms. The largest absolute Gasteiger partial charge is 0.508 e. The van der Waals surface area contributed by atoms with Crippen LogP contribution in [0.2, 0.25) is 0 Å². The maximum Gasteiger partial charge on any atom is 0.228 e. The summed E-state index contributed by atoms with van der Waals surface area (Å²) in [5, 5.41) is 12.1. The predicted molar refractivity (Wildman–Crippen MR) is 138 cm³/mol. The van der Waals surface area contributed by atoms with Gasteiger partial charge in [-0.2, -0.15) is 0 Å². The number of Topliss-reactive ketones (excluding diaryl/α,β-unsaturated/α-hetero) is 1. The van der Waals surface area contributed by atoms with Crippen LogP contribution in [0.1, 0.15) is 46.6 Å². The minimum atomic E-state index is -0.120. The molecule has 180 valence electrons. The van der Waals surface area contributed by atoms with Crippen LogP contribution in [-0.4, -0.2) is 16.8 Å². The van der Waals surface area contributed by atoms with Crippen molar-refractivity contribution in [1.29, 1.82) is 0 Å². The van der Waals surface area contributed by atoms with Crippen molar-refractivity contribution in [2.45, 2.75) is 47.5 Å². The van der Waals surface area contributed by atoms with E-state index in [1.165, 1.54) is 0 Å². The Morgan fingerprint density at radius 2 is 1.65 bits per heavy atom. The predicted octanol–water partition coefficient (Wildman–Crippen LogP) is 6.61. The van der Waals surface area contributed by atoms with Crippen LogP contribution in [0.4, 0.5) is 5.69 Å². The first-order chi connectivity index (χ1) is 16.0. The highest BCUT2D eigenvalue weighted by molar-refractivity contribution is 5.92. The van der Waals surface area contributed by atoms with E-state index in [0.717, 1.165) is 23.3 Å². The monoisotopic (exact) mass is 461 g/mol. The lowest BCUT2D eigenvalue weighted by molar-refractivity contribution is -0.119. The number of amides is 1. The summed E-state index contributed by atoms with van der Waals surface area (Å²) in [6.07, 6.45) is 6.93. The third-order valence-corrected chi connectivity index (χ3v) is 5.62. The maximum absolute atomic E-state index is 12.1. The molecule has 1 amide bonds. The molecule has 0 saturated heterocycles. The number of carbonyl (C=O) groups is 2. The van der Waals surface area contributed by atoms with Crippen molar-refractivity contribution in [2.24, 2.45) is 11.3 Å². The molecule has 3 rings (SSSR count). The number of carbonyl (C=O) groups excluding carboxylic acids is 2. The number of phenols is 1. The minimum absolute atomic E-state index is 0.120. The van der Waals surface area contributed by atoms with E-state index >= 15 is 0 Å². The first-order valence-electron chi connectivity index (χ1n) is 11.3. The van der Waals surface area contributed by atoms with Crippen LogP contribution in [0.3, 0.4) is 0 Å². The Kier molecular flexibility index (Phi) is 9.43. The van der Waals surface area contributed by atoms with Crippen molar-refractivity contribution in [2.75, 3.05) is 5.32 Å². The molecular formula is C29H35NO4. The average molecular weight is 462 g/mol. The molecule has 0 spiro atoms. The summed E-state index contributed by atoms with van der Waals surface area (Å²) in [7, 11) is 0. The van der Waals surface area contributed by atoms with Gasteiger partial charge in [0.15, 0.2) is 0 Å². The highest BCUT2D eigenvalue weighted by Gasteiger charge is 2.48. The number of ketones is 1. The average Bonchev–Trinajstić information content (AvgIpc) is 3.44. The van der Waals surface area contributed by atoms with Crippen LogP contribution in [0, 0.1) is 11.3 Å². The van der Waals surface area contributed by atoms with Gasteiger partial charge < -0.3 is 15.2 Å². The highest BCUT2D eigenvalue weighted by Crippen LogP contribution is 2.51. The van der Waals surface area contributed by atoms with Gasteiger partial charge in [-0.15, -0.1) is 0 Å². The van der Waals surface area contributed by atoms with Crippen molar-refractivity contribution in [1.82, 2.24) is 0 Å². The number of phenolic OH excluding ortho intramolecular Hbond substituents is 1. The molecule has 0 bridgehead atoms. The Hall–Kier alpha value is -3.60. The number of aromatic hydroxyl groups is 1. The molecule has 0 radical (unpaired) electrons. The van der Waals surface area contributed by atoms with Crippen LogP contribution >= 0.6 is 0 Å². The number of allylic oxidation sites excluding steroid dienone is 5. The molecule has 2 aromatic carbocycles. The lowest BCUT2D eigenvalue weighted by Gasteiger charge is -2.08. The zero-order valence-electron chi connectivity index (χ0n) is 20.7. The summed E-state index contributed by atoms with van der Waals surface area (Å²) < 4.78 is 5.72. The first-order valence-corrected chi connectivity index (χ1v) is 11.3. The zero-order valence-corrected chi connectivity index (χ0v) is 20.7. The van der Waals surface area contributed by atoms with Crippen molar-refractivity contribution in [3.8, 4) is 11.5 Å². The summed E-state index contributed by atoms with van der Waals surface area (Å²) in [5.41, 5.74) is 2.93. The number of ether oxygens (including phenoxy) is 1. The number of rotatable bonds is 8. The standard InChI is InChI=1S/C22H23NO3.C7H12O/c1-4-16(2)5-6-17(3)26-21-13-9-19(10-14-21)23-22(25)15-18-7-11-20(24)12-8-18;1-5(8)6-4-7(6,2)3/h4-14,24H,1,15H2,2-3H3,(H,23,25);6H,4H2,1-3H3/b16-5-,17-6+;. The molecule has 1 atom stereocenters. The maximum atomic E-state index is 12.1. The fourth-order valence-electron chi connectivity index (χ4n) is 3.31. The van der Waals surface area contributed by atoms with Gasteiger partial charge in [0.2, 0.25) is 5.91 Å². The van der Waals surface area contributed by atoms with Gasteiger partial charge in [-0.1, -0.05) is 50.3 Å². The zero-order chi connectivity index (χ0) is 25.3. The molecular weight excluding hydrogens is 426 g/mol. The fourth-order valence-corrected chi connectivity index (χ4v) is 3.31. The van der Waals surface area contributed by atoms with Crippen LogP contribution in [0.15, 0.2) is 84.7 Å². The minimum Gasteiger partial charge on any atom is -0.508 e. The summed E-state index contributed by atoms with van der Waals surface area (Å²) >= 11 is 0. The summed E-state index contributed by atoms with van der Waals surface area (Å²) in [4.78, 5) is 22.7. The molecule has 1 aliphatic rings. The summed E-state index contributed by atoms with van der Waals surface area (Å²) in [5.74, 6) is 2.25. The summed E-state index contributed by atoms with van der Waals surface area (Å²) in [6, 6.07) is 13.8. The summed E-state index contributed by atoms with van der Waals surface area (Å²) in [6.45, 7) is 13.5. The topological polar surface area (TPSA) is 75.6 Å². The van der Waals surface area contributed by atoms with E-state index in [1.807, 2.05) is 26.0 Å². The Labute approximate surface area is 202 Å². The van der Waals surface area contributed by atoms with Gasteiger partial charge in [0.05, 0.1) is 6.42 Å². The molecule has 1 fully saturated rings. The normalized spacial score (nSPS) is 16.6. The smallest absolute Gasteiger partial charge is 0.228 e. The molecule has 1 saturated carbocycles. The fraction of sp³-hybridized carbons (Fsp3) is 0.310. The van der Waals surface area contributed by atoms with Crippen LogP contribution in [0.5, 0.6) is 11.5 Å². The van der Waals surface area contributed by atoms with E-state index < -0.39 is 0 Å². The Morgan fingerprint density at radius 1 is 1.06 bits per heavy atom. The van der Waals surface area contributed by atoms with Crippen molar-refractivity contribution >= 4 is 17.4 Å². The lowest BCUT2D eigenvalue weighted by atomic mass is 10.1. The van der Waals surface area contributed by atoms with Gasteiger partial charge in [-0.25, -0.2) is 0 Å². The third-order valence-electron chi connectivity index (χ3n) is 5.62. The number of benzene rings is 2. The molecule has 2 aromatic rings. The number of hydrogen-bond donors (Lipinski definition) is 2. The van der Waals surface area contributed by atoms with Gasteiger partial charge in [0.1, 0.15) is 23.0 Å². The van der Waals surface area contributed by atoms with E-state index in [1.54, 1.807) is 61.5 Å². The number of nitrogens with one attached hydrogen (secondary N) is 1. The van der Waals surface area contributed by atoms with E-state index in [2.05, 4.69) is 25.7 Å². The van der Waals surface area contributed by atoms with Gasteiger partial charge >= 0.3 is 0 Å². The quantitative estimate of drug-likeness (QED) is 0.343. The third kappa shape index (κ3) is 9.10. The Bertz CT molecular complexity index is 1060. The van der Waals surface area contributed by atoms with Crippen molar-refractivity contribution in [3.05, 3.63) is 90.2 Å². The first kappa shape index (κ1) is 26.7. The molecule has 5 nitrogen and oxygen atoms in total. The van der Waals surface area contributed by atoms with Gasteiger partial charge in [0, 0.05) is 11.6 Å². The number of anilines is 1. The van der Waals surface area contributed by atoms with Gasteiger partial charge in [-0.3, -0.25) is 9.59 Å². The van der Waals surface area contributed by atoms with Crippen LogP contribution in [0.25, 0.3) is 0 Å². The van der Waals surface area contributed by atoms with E-state index in [9.17, 15) is 14.7 Å². The molecule has 0 heterocycles. The second kappa shape index (κ2) is 12.0. The van der Waals surface area contributed by atoms with Crippen molar-refractivity contribution < 1.29 is 19.4 Å². The molecule has 1 unspecified atom stereocenters. The number of hydrogen-bond acceptors (Lipinski definition) is 4. The lowest BCUT2D eigenvalue weighted by Crippen LogP contribution is -2.14. The molecule has 0 aromatic heterocycles. The molecule has 0 aliphatic heterocycles. The van der Waals surface area contributed by atoms with Gasteiger partial charge in [-0.05, 0) is 80.6 Å². The van der Waals surface area contributed by atoms with Crippen LogP contribution < -0.4 is 10.1 Å². The van der Waals surface area contributed by atoms with E-state index in [0.29, 0.717) is 28.6 Å². The Balaban J connectivity index is 0.000000430. The highest BCUT2D eigenvalue weighted by atomic mass is 16.5. The molecule has 34 heavy (non-hydrogen) atoms. The molecule has 2 N–H and O–H groups in total. The SMILES string of the molecule is C=C/C(C)=C\C=C(/C)Oc1ccc(NC(=O)Cc2ccc(O)cc2)cc1.CC(=O)C1CC1(C)C.